The number of rotatable bonds is 8. The average Bonchev–Trinajstić information content (AvgIpc) is 3.01. The third-order valence-corrected chi connectivity index (χ3v) is 5.30. The fraction of sp³-hybridized carbons (Fsp3) is 0.409. The molecule has 1 heterocycles. The van der Waals surface area contributed by atoms with Gasteiger partial charge in [-0.25, -0.2) is 4.79 Å². The lowest BCUT2D eigenvalue weighted by molar-refractivity contribution is -0.154. The zero-order valence-corrected chi connectivity index (χ0v) is 17.1. The van der Waals surface area contributed by atoms with Crippen LogP contribution in [-0.2, 0) is 22.4 Å². The summed E-state index contributed by atoms with van der Waals surface area (Å²) >= 11 is 0. The highest BCUT2D eigenvalue weighted by Crippen LogP contribution is 2.37. The van der Waals surface area contributed by atoms with E-state index in [1.54, 1.807) is 52.7 Å². The van der Waals surface area contributed by atoms with Gasteiger partial charge in [-0.1, -0.05) is 12.1 Å². The molecule has 1 saturated heterocycles. The lowest BCUT2D eigenvalue weighted by Gasteiger charge is -2.26. The number of hydrogen-bond acceptors (Lipinski definition) is 7. The van der Waals surface area contributed by atoms with Crippen LogP contribution in [0.4, 0.5) is 0 Å². The third-order valence-electron chi connectivity index (χ3n) is 5.30. The van der Waals surface area contributed by atoms with E-state index in [1.165, 1.54) is 0 Å². The first-order valence-corrected chi connectivity index (χ1v) is 9.26. The van der Waals surface area contributed by atoms with E-state index in [0.29, 0.717) is 29.4 Å². The SMILES string of the molecule is COc1ccc(C[C@H]2COC(=O)[C@@]2(O)Cc2ccc(OC)c(OC)c2)cc1OC. The maximum atomic E-state index is 12.4. The van der Waals surface area contributed by atoms with Gasteiger partial charge in [0.05, 0.1) is 35.0 Å². The first kappa shape index (κ1) is 20.8. The quantitative estimate of drug-likeness (QED) is 0.679. The van der Waals surface area contributed by atoms with E-state index in [2.05, 4.69) is 0 Å². The number of hydrogen-bond donors (Lipinski definition) is 1. The Morgan fingerprint density at radius 3 is 1.97 bits per heavy atom. The van der Waals surface area contributed by atoms with Gasteiger partial charge in [-0.2, -0.15) is 0 Å². The summed E-state index contributed by atoms with van der Waals surface area (Å²) in [6, 6.07) is 10.9. The molecule has 7 heteroatoms. The molecule has 0 amide bonds. The molecule has 0 radical (unpaired) electrons. The van der Waals surface area contributed by atoms with Crippen LogP contribution in [0.2, 0.25) is 0 Å². The normalized spacial score (nSPS) is 20.9. The standard InChI is InChI=1S/C22H26O7/c1-25-17-7-5-14(10-19(17)27-3)9-16-13-29-21(23)22(16,24)12-15-6-8-18(26-2)20(11-15)28-4/h5-8,10-11,16,24H,9,12-13H2,1-4H3/t16-,22+/m0/s1. The predicted octanol–water partition coefficient (Wildman–Crippen LogP) is 2.41. The molecule has 156 valence electrons. The molecule has 0 spiro atoms. The van der Waals surface area contributed by atoms with Gasteiger partial charge in [-0.05, 0) is 41.8 Å². The maximum Gasteiger partial charge on any atom is 0.338 e. The molecular weight excluding hydrogens is 376 g/mol. The molecule has 1 fully saturated rings. The number of carbonyl (C=O) groups excluding carboxylic acids is 1. The van der Waals surface area contributed by atoms with E-state index in [4.69, 9.17) is 23.7 Å². The molecular formula is C22H26O7. The first-order valence-electron chi connectivity index (χ1n) is 9.26. The van der Waals surface area contributed by atoms with Gasteiger partial charge in [0.2, 0.25) is 0 Å². The number of cyclic esters (lactones) is 1. The van der Waals surface area contributed by atoms with Crippen LogP contribution in [0.1, 0.15) is 11.1 Å². The van der Waals surface area contributed by atoms with Crippen LogP contribution in [0.15, 0.2) is 36.4 Å². The van der Waals surface area contributed by atoms with Gasteiger partial charge in [0.15, 0.2) is 28.6 Å². The number of methoxy groups -OCH3 is 4. The van der Waals surface area contributed by atoms with E-state index in [1.807, 2.05) is 12.1 Å². The zero-order chi connectivity index (χ0) is 21.0. The molecule has 0 unspecified atom stereocenters. The van der Waals surface area contributed by atoms with Crippen molar-refractivity contribution in [3.8, 4) is 23.0 Å². The van der Waals surface area contributed by atoms with Crippen LogP contribution in [0, 0.1) is 5.92 Å². The van der Waals surface area contributed by atoms with E-state index in [-0.39, 0.29) is 13.0 Å². The highest BCUT2D eigenvalue weighted by Gasteiger charge is 2.51. The molecule has 7 nitrogen and oxygen atoms in total. The van der Waals surface area contributed by atoms with Gasteiger partial charge in [-0.15, -0.1) is 0 Å². The van der Waals surface area contributed by atoms with Gasteiger partial charge in [0, 0.05) is 12.3 Å². The number of benzene rings is 2. The summed E-state index contributed by atoms with van der Waals surface area (Å²) in [4.78, 5) is 12.4. The fourth-order valence-corrected chi connectivity index (χ4v) is 3.64. The van der Waals surface area contributed by atoms with Gasteiger partial charge in [0.1, 0.15) is 0 Å². The average molecular weight is 402 g/mol. The summed E-state index contributed by atoms with van der Waals surface area (Å²) in [6.07, 6.45) is 0.569. The monoisotopic (exact) mass is 402 g/mol. The Kier molecular flexibility index (Phi) is 6.17. The minimum atomic E-state index is -1.63. The Morgan fingerprint density at radius 1 is 0.897 bits per heavy atom. The van der Waals surface area contributed by atoms with E-state index < -0.39 is 17.5 Å². The second-order valence-electron chi connectivity index (χ2n) is 6.98. The van der Waals surface area contributed by atoms with Crippen molar-refractivity contribution in [2.45, 2.75) is 18.4 Å². The number of ether oxygens (including phenoxy) is 5. The van der Waals surface area contributed by atoms with Gasteiger partial charge >= 0.3 is 5.97 Å². The maximum absolute atomic E-state index is 12.4. The van der Waals surface area contributed by atoms with Crippen molar-refractivity contribution >= 4 is 5.97 Å². The summed E-state index contributed by atoms with van der Waals surface area (Å²) in [5.74, 6) is 1.32. The van der Waals surface area contributed by atoms with Crippen molar-refractivity contribution in [1.82, 2.24) is 0 Å². The largest absolute Gasteiger partial charge is 0.493 e. The van der Waals surface area contributed by atoms with Crippen molar-refractivity contribution in [2.75, 3.05) is 35.0 Å². The molecule has 0 bridgehead atoms. The lowest BCUT2D eigenvalue weighted by atomic mass is 9.81. The van der Waals surface area contributed by atoms with E-state index >= 15 is 0 Å². The summed E-state index contributed by atoms with van der Waals surface area (Å²) in [6.45, 7) is 0.150. The second kappa shape index (κ2) is 8.61. The highest BCUT2D eigenvalue weighted by molar-refractivity contribution is 5.82. The molecule has 0 aromatic heterocycles. The Labute approximate surface area is 170 Å². The van der Waals surface area contributed by atoms with Crippen LogP contribution in [0.25, 0.3) is 0 Å². The predicted molar refractivity (Wildman–Crippen MR) is 106 cm³/mol. The number of carbonyl (C=O) groups is 1. The number of esters is 1. The van der Waals surface area contributed by atoms with E-state index in [0.717, 1.165) is 11.1 Å². The highest BCUT2D eigenvalue weighted by atomic mass is 16.6. The lowest BCUT2D eigenvalue weighted by Crippen LogP contribution is -2.44. The first-order chi connectivity index (χ1) is 13.9. The molecule has 2 atom stereocenters. The van der Waals surface area contributed by atoms with Gasteiger partial charge in [-0.3, -0.25) is 0 Å². The minimum absolute atomic E-state index is 0.115. The third kappa shape index (κ3) is 4.10. The molecule has 1 N–H and O–H groups in total. The van der Waals surface area contributed by atoms with Crippen LogP contribution in [0.3, 0.4) is 0 Å². The van der Waals surface area contributed by atoms with E-state index in [9.17, 15) is 9.90 Å². The molecule has 2 aromatic rings. The smallest absolute Gasteiger partial charge is 0.338 e. The van der Waals surface area contributed by atoms with Crippen molar-refractivity contribution in [3.05, 3.63) is 47.5 Å². The fourth-order valence-electron chi connectivity index (χ4n) is 3.64. The minimum Gasteiger partial charge on any atom is -0.493 e. The van der Waals surface area contributed by atoms with Crippen LogP contribution in [0.5, 0.6) is 23.0 Å². The van der Waals surface area contributed by atoms with Gasteiger partial charge in [0.25, 0.3) is 0 Å². The molecule has 1 aliphatic heterocycles. The Bertz CT molecular complexity index is 879. The van der Waals surface area contributed by atoms with Crippen molar-refractivity contribution in [2.24, 2.45) is 5.92 Å². The Hall–Kier alpha value is -2.93. The Balaban J connectivity index is 1.84. The Morgan fingerprint density at radius 2 is 1.41 bits per heavy atom. The molecule has 0 aliphatic carbocycles. The molecule has 1 aliphatic rings. The van der Waals surface area contributed by atoms with Gasteiger partial charge < -0.3 is 28.8 Å². The zero-order valence-electron chi connectivity index (χ0n) is 17.1. The molecule has 2 aromatic carbocycles. The number of aliphatic hydroxyl groups is 1. The van der Waals surface area contributed by atoms with Crippen molar-refractivity contribution < 1.29 is 33.6 Å². The summed E-state index contributed by atoms with van der Waals surface area (Å²) in [5, 5.41) is 11.2. The van der Waals surface area contributed by atoms with Crippen LogP contribution in [-0.4, -0.2) is 51.7 Å². The van der Waals surface area contributed by atoms with Crippen molar-refractivity contribution in [1.29, 1.82) is 0 Å². The summed E-state index contributed by atoms with van der Waals surface area (Å²) < 4.78 is 26.4. The van der Waals surface area contributed by atoms with Crippen molar-refractivity contribution in [3.63, 3.8) is 0 Å². The summed E-state index contributed by atoms with van der Waals surface area (Å²) in [5.41, 5.74) is 0.0326. The second-order valence-corrected chi connectivity index (χ2v) is 6.98. The molecule has 3 rings (SSSR count). The molecule has 0 saturated carbocycles. The van der Waals surface area contributed by atoms with Crippen LogP contribution < -0.4 is 18.9 Å². The topological polar surface area (TPSA) is 83.5 Å². The summed E-state index contributed by atoms with van der Waals surface area (Å²) in [7, 11) is 6.23. The van der Waals surface area contributed by atoms with Crippen LogP contribution >= 0.6 is 0 Å². The molecule has 29 heavy (non-hydrogen) atoms.